The monoisotopic (exact) mass is 257 g/mol. The Kier molecular flexibility index (Phi) is 3.96. The van der Waals surface area contributed by atoms with Crippen LogP contribution in [0.4, 0.5) is 20.4 Å². The summed E-state index contributed by atoms with van der Waals surface area (Å²) < 4.78 is 32.1. The van der Waals surface area contributed by atoms with Gasteiger partial charge in [0.15, 0.2) is 23.3 Å². The summed E-state index contributed by atoms with van der Waals surface area (Å²) in [6.45, 7) is 0. The topological polar surface area (TPSA) is 46.2 Å². The van der Waals surface area contributed by atoms with Crippen LogP contribution in [-0.2, 0) is 4.74 Å². The van der Waals surface area contributed by atoms with Crippen molar-refractivity contribution in [3.8, 4) is 0 Å². The molecule has 2 unspecified atom stereocenters. The fourth-order valence-electron chi connectivity index (χ4n) is 2.22. The van der Waals surface area contributed by atoms with Crippen LogP contribution in [-0.4, -0.2) is 31.3 Å². The Morgan fingerprint density at radius 2 is 2.00 bits per heavy atom. The predicted molar refractivity (Wildman–Crippen MR) is 65.8 cm³/mol. The molecule has 0 aliphatic heterocycles. The second-order valence-corrected chi connectivity index (χ2v) is 4.41. The van der Waals surface area contributed by atoms with Crippen molar-refractivity contribution in [2.75, 3.05) is 24.8 Å². The molecule has 1 saturated carbocycles. The highest BCUT2D eigenvalue weighted by Gasteiger charge is 2.25. The highest BCUT2D eigenvalue weighted by Crippen LogP contribution is 2.26. The molecule has 4 nitrogen and oxygen atoms in total. The molecule has 1 aromatic rings. The zero-order valence-corrected chi connectivity index (χ0v) is 10.5. The summed E-state index contributed by atoms with van der Waals surface area (Å²) in [5.74, 6) is -1.24. The molecular weight excluding hydrogens is 240 g/mol. The van der Waals surface area contributed by atoms with Gasteiger partial charge in [-0.2, -0.15) is 0 Å². The van der Waals surface area contributed by atoms with Gasteiger partial charge in [0.2, 0.25) is 0 Å². The van der Waals surface area contributed by atoms with Crippen LogP contribution in [0.25, 0.3) is 0 Å². The molecule has 6 heteroatoms. The van der Waals surface area contributed by atoms with E-state index >= 15 is 0 Å². The van der Waals surface area contributed by atoms with Gasteiger partial charge in [0, 0.05) is 26.3 Å². The van der Waals surface area contributed by atoms with E-state index in [4.69, 9.17) is 4.74 Å². The maximum atomic E-state index is 13.6. The van der Waals surface area contributed by atoms with Crippen LogP contribution in [0.15, 0.2) is 6.07 Å². The van der Waals surface area contributed by atoms with Crippen LogP contribution < -0.4 is 10.6 Å². The molecule has 18 heavy (non-hydrogen) atoms. The molecule has 1 fully saturated rings. The van der Waals surface area contributed by atoms with Gasteiger partial charge >= 0.3 is 0 Å². The van der Waals surface area contributed by atoms with Crippen LogP contribution in [0, 0.1) is 11.6 Å². The molecule has 0 aromatic carbocycles. The number of aromatic nitrogens is 1. The first-order chi connectivity index (χ1) is 8.63. The Labute approximate surface area is 105 Å². The third-order valence-electron chi connectivity index (χ3n) is 3.22. The van der Waals surface area contributed by atoms with Crippen molar-refractivity contribution >= 4 is 11.6 Å². The second kappa shape index (κ2) is 5.48. The minimum atomic E-state index is -0.693. The Morgan fingerprint density at radius 1 is 1.28 bits per heavy atom. The molecule has 1 aliphatic rings. The van der Waals surface area contributed by atoms with Crippen molar-refractivity contribution in [2.45, 2.75) is 31.4 Å². The van der Waals surface area contributed by atoms with Gasteiger partial charge in [-0.1, -0.05) is 0 Å². The van der Waals surface area contributed by atoms with Crippen molar-refractivity contribution in [3.63, 3.8) is 0 Å². The van der Waals surface area contributed by atoms with E-state index in [2.05, 4.69) is 15.6 Å². The maximum absolute atomic E-state index is 13.6. The number of hydrogen-bond acceptors (Lipinski definition) is 4. The van der Waals surface area contributed by atoms with Crippen LogP contribution in [0.5, 0.6) is 0 Å². The van der Waals surface area contributed by atoms with E-state index in [9.17, 15) is 8.78 Å². The van der Waals surface area contributed by atoms with Crippen molar-refractivity contribution < 1.29 is 13.5 Å². The van der Waals surface area contributed by atoms with E-state index in [1.54, 1.807) is 14.2 Å². The van der Waals surface area contributed by atoms with Gasteiger partial charge in [0.05, 0.1) is 6.10 Å². The summed E-state index contributed by atoms with van der Waals surface area (Å²) >= 11 is 0. The number of pyridine rings is 1. The minimum absolute atomic E-state index is 0.0418. The van der Waals surface area contributed by atoms with Crippen LogP contribution in [0.2, 0.25) is 0 Å². The fraction of sp³-hybridized carbons (Fsp3) is 0.583. The first kappa shape index (κ1) is 13.0. The molecule has 0 saturated heterocycles. The van der Waals surface area contributed by atoms with E-state index in [0.717, 1.165) is 25.3 Å². The lowest BCUT2D eigenvalue weighted by atomic mass is 10.2. The molecule has 100 valence electrons. The van der Waals surface area contributed by atoms with Gasteiger partial charge in [-0.15, -0.1) is 0 Å². The van der Waals surface area contributed by atoms with Gasteiger partial charge < -0.3 is 15.4 Å². The number of ether oxygens (including phenoxy) is 1. The van der Waals surface area contributed by atoms with E-state index in [1.807, 2.05) is 0 Å². The van der Waals surface area contributed by atoms with Crippen molar-refractivity contribution in [1.29, 1.82) is 0 Å². The fourth-order valence-corrected chi connectivity index (χ4v) is 2.22. The Hall–Kier alpha value is -1.43. The standard InChI is InChI=1S/C12H17F2N3O/c1-15-11-9(13)6-10(14)12(17-11)16-7-3-4-8(5-7)18-2/h6-8H,3-5H2,1-2H3,(H2,15,16,17). The van der Waals surface area contributed by atoms with E-state index in [1.165, 1.54) is 0 Å². The molecule has 2 N–H and O–H groups in total. The van der Waals surface area contributed by atoms with Crippen molar-refractivity contribution in [3.05, 3.63) is 17.7 Å². The average Bonchev–Trinajstić information content (AvgIpc) is 2.80. The average molecular weight is 257 g/mol. The van der Waals surface area contributed by atoms with E-state index < -0.39 is 11.6 Å². The number of nitrogens with one attached hydrogen (secondary N) is 2. The molecule has 1 aliphatic carbocycles. The molecule has 0 radical (unpaired) electrons. The first-order valence-corrected chi connectivity index (χ1v) is 5.97. The molecule has 0 bridgehead atoms. The van der Waals surface area contributed by atoms with Gasteiger partial charge in [-0.05, 0) is 19.3 Å². The number of methoxy groups -OCH3 is 1. The van der Waals surface area contributed by atoms with Crippen molar-refractivity contribution in [1.82, 2.24) is 4.98 Å². The molecule has 1 aromatic heterocycles. The third-order valence-corrected chi connectivity index (χ3v) is 3.22. The van der Waals surface area contributed by atoms with Gasteiger partial charge in [-0.3, -0.25) is 0 Å². The van der Waals surface area contributed by atoms with Crippen LogP contribution in [0.1, 0.15) is 19.3 Å². The number of anilines is 2. The molecule has 2 atom stereocenters. The number of nitrogens with zero attached hydrogens (tertiary/aromatic N) is 1. The van der Waals surface area contributed by atoms with Gasteiger partial charge in [0.25, 0.3) is 0 Å². The number of hydrogen-bond donors (Lipinski definition) is 2. The predicted octanol–water partition coefficient (Wildman–Crippen LogP) is 2.38. The molecule has 2 rings (SSSR count). The molecule has 0 spiro atoms. The smallest absolute Gasteiger partial charge is 0.168 e. The van der Waals surface area contributed by atoms with Crippen molar-refractivity contribution in [2.24, 2.45) is 0 Å². The van der Waals surface area contributed by atoms with Crippen LogP contribution in [0.3, 0.4) is 0 Å². The lowest BCUT2D eigenvalue weighted by Crippen LogP contribution is -2.19. The normalized spacial score (nSPS) is 23.1. The highest BCUT2D eigenvalue weighted by molar-refractivity contribution is 5.47. The summed E-state index contributed by atoms with van der Waals surface area (Å²) in [6, 6.07) is 0.955. The van der Waals surface area contributed by atoms with Gasteiger partial charge in [0.1, 0.15) is 0 Å². The Bertz CT molecular complexity index is 428. The van der Waals surface area contributed by atoms with E-state index in [-0.39, 0.29) is 23.8 Å². The van der Waals surface area contributed by atoms with Gasteiger partial charge in [-0.25, -0.2) is 13.8 Å². The quantitative estimate of drug-likeness (QED) is 0.869. The zero-order chi connectivity index (χ0) is 13.1. The SMILES string of the molecule is CNc1nc(NC2CCC(OC)C2)c(F)cc1F. The maximum Gasteiger partial charge on any atom is 0.168 e. The second-order valence-electron chi connectivity index (χ2n) is 4.41. The van der Waals surface area contributed by atoms with Crippen LogP contribution >= 0.6 is 0 Å². The summed E-state index contributed by atoms with van der Waals surface area (Å²) in [5.41, 5.74) is 0. The highest BCUT2D eigenvalue weighted by atomic mass is 19.1. The lowest BCUT2D eigenvalue weighted by molar-refractivity contribution is 0.108. The summed E-state index contributed by atoms with van der Waals surface area (Å²) in [6.07, 6.45) is 2.85. The summed E-state index contributed by atoms with van der Waals surface area (Å²) in [7, 11) is 3.21. The Balaban J connectivity index is 2.09. The van der Waals surface area contributed by atoms with E-state index in [0.29, 0.717) is 0 Å². The Morgan fingerprint density at radius 3 is 2.61 bits per heavy atom. The number of rotatable bonds is 4. The minimum Gasteiger partial charge on any atom is -0.381 e. The largest absolute Gasteiger partial charge is 0.381 e. The first-order valence-electron chi connectivity index (χ1n) is 5.97. The molecule has 0 amide bonds. The summed E-state index contributed by atoms with van der Waals surface area (Å²) in [4.78, 5) is 3.89. The zero-order valence-electron chi connectivity index (χ0n) is 10.5. The third kappa shape index (κ3) is 2.69. The molecular formula is C12H17F2N3O. The lowest BCUT2D eigenvalue weighted by Gasteiger charge is -2.15. The number of halogens is 2. The molecule has 1 heterocycles. The summed E-state index contributed by atoms with van der Waals surface area (Å²) in [5, 5.41) is 5.59.